The van der Waals surface area contributed by atoms with Crippen LogP contribution in [0.25, 0.3) is 0 Å². The van der Waals surface area contributed by atoms with Gasteiger partial charge in [0.25, 0.3) is 0 Å². The average Bonchev–Trinajstić information content (AvgIpc) is 3.15. The van der Waals surface area contributed by atoms with Gasteiger partial charge in [0.1, 0.15) is 11.9 Å². The number of rotatable bonds is 3. The summed E-state index contributed by atoms with van der Waals surface area (Å²) < 4.78 is 2.08. The molecule has 5 nitrogen and oxygen atoms in total. The van der Waals surface area contributed by atoms with Crippen molar-refractivity contribution in [1.29, 1.82) is 5.26 Å². The number of nitriles is 1. The van der Waals surface area contributed by atoms with Crippen LogP contribution in [0.1, 0.15) is 48.9 Å². The fourth-order valence-corrected chi connectivity index (χ4v) is 3.95. The summed E-state index contributed by atoms with van der Waals surface area (Å²) in [6.07, 6.45) is 5.50. The second-order valence-corrected chi connectivity index (χ2v) is 6.73. The number of nitrogens with zero attached hydrogens (tertiary/aromatic N) is 5. The van der Waals surface area contributed by atoms with E-state index >= 15 is 0 Å². The first kappa shape index (κ1) is 15.5. The molecule has 2 aliphatic rings. The molecule has 1 atom stereocenters. The Bertz CT molecular complexity index is 556. The van der Waals surface area contributed by atoms with E-state index in [9.17, 15) is 5.26 Å². The van der Waals surface area contributed by atoms with Gasteiger partial charge in [0.05, 0.1) is 11.8 Å². The molecule has 120 valence electrons. The van der Waals surface area contributed by atoms with Gasteiger partial charge >= 0.3 is 0 Å². The molecule has 1 unspecified atom stereocenters. The van der Waals surface area contributed by atoms with Crippen LogP contribution in [0.15, 0.2) is 0 Å². The molecule has 0 aromatic carbocycles. The summed E-state index contributed by atoms with van der Waals surface area (Å²) in [5, 5.41) is 9.68. The van der Waals surface area contributed by atoms with Gasteiger partial charge in [-0.1, -0.05) is 12.8 Å². The minimum Gasteiger partial charge on any atom is -0.335 e. The Morgan fingerprint density at radius 1 is 1.14 bits per heavy atom. The molecular formula is C17H27N5. The van der Waals surface area contributed by atoms with E-state index in [0.717, 1.165) is 49.4 Å². The Morgan fingerprint density at radius 3 is 2.27 bits per heavy atom. The fraction of sp³-hybridized carbons (Fsp3) is 0.765. The molecule has 2 heterocycles. The Morgan fingerprint density at radius 2 is 1.77 bits per heavy atom. The third kappa shape index (κ3) is 2.78. The van der Waals surface area contributed by atoms with Crippen molar-refractivity contribution in [3.63, 3.8) is 0 Å². The minimum absolute atomic E-state index is 0.203. The average molecular weight is 301 g/mol. The van der Waals surface area contributed by atoms with Gasteiger partial charge in [0, 0.05) is 45.0 Å². The van der Waals surface area contributed by atoms with Crippen molar-refractivity contribution in [2.75, 3.05) is 26.2 Å². The Hall–Kier alpha value is -1.38. The summed E-state index contributed by atoms with van der Waals surface area (Å²) >= 11 is 0. The molecule has 1 saturated heterocycles. The Kier molecular flexibility index (Phi) is 4.51. The topological polar surface area (TPSA) is 48.1 Å². The summed E-state index contributed by atoms with van der Waals surface area (Å²) in [6.45, 7) is 8.20. The van der Waals surface area contributed by atoms with Crippen molar-refractivity contribution in [1.82, 2.24) is 19.4 Å². The first-order valence-corrected chi connectivity index (χ1v) is 8.49. The summed E-state index contributed by atoms with van der Waals surface area (Å²) in [4.78, 5) is 9.58. The molecule has 1 aliphatic carbocycles. The van der Waals surface area contributed by atoms with Crippen molar-refractivity contribution in [2.24, 2.45) is 7.05 Å². The van der Waals surface area contributed by atoms with Crippen LogP contribution in [0.5, 0.6) is 0 Å². The van der Waals surface area contributed by atoms with Crippen molar-refractivity contribution < 1.29 is 0 Å². The summed E-state index contributed by atoms with van der Waals surface area (Å²) in [7, 11) is 2.02. The van der Waals surface area contributed by atoms with Crippen molar-refractivity contribution in [3.05, 3.63) is 17.2 Å². The van der Waals surface area contributed by atoms with Gasteiger partial charge in [-0.2, -0.15) is 5.26 Å². The first-order chi connectivity index (χ1) is 10.6. The van der Waals surface area contributed by atoms with Gasteiger partial charge in [-0.05, 0) is 26.7 Å². The minimum atomic E-state index is -0.203. The molecular weight excluding hydrogens is 274 g/mol. The third-order valence-corrected chi connectivity index (χ3v) is 5.58. The summed E-state index contributed by atoms with van der Waals surface area (Å²) in [5.41, 5.74) is 2.05. The fourth-order valence-electron chi connectivity index (χ4n) is 3.95. The molecule has 22 heavy (non-hydrogen) atoms. The number of imidazole rings is 1. The monoisotopic (exact) mass is 301 g/mol. The lowest BCUT2D eigenvalue weighted by Crippen LogP contribution is -2.50. The molecule has 1 aliphatic heterocycles. The zero-order chi connectivity index (χ0) is 15.7. The van der Waals surface area contributed by atoms with E-state index in [-0.39, 0.29) is 6.04 Å². The molecule has 3 rings (SSSR count). The molecule has 1 aromatic rings. The van der Waals surface area contributed by atoms with Gasteiger partial charge in [0.15, 0.2) is 0 Å². The molecule has 5 heteroatoms. The predicted octanol–water partition coefficient (Wildman–Crippen LogP) is 2.16. The maximum Gasteiger partial charge on any atom is 0.142 e. The van der Waals surface area contributed by atoms with E-state index in [0.29, 0.717) is 0 Å². The highest BCUT2D eigenvalue weighted by Crippen LogP contribution is 2.28. The lowest BCUT2D eigenvalue weighted by molar-refractivity contribution is 0.0829. The Balaban J connectivity index is 1.68. The standard InChI is InChI=1S/C17H27N5/c1-13-17(19-14(2)20(13)3)16(12-18)22-10-8-21(9-11-22)15-6-4-5-7-15/h15-16H,4-11H2,1-3H3. The van der Waals surface area contributed by atoms with Crippen LogP contribution in [0.4, 0.5) is 0 Å². The highest BCUT2D eigenvalue weighted by molar-refractivity contribution is 5.24. The zero-order valence-corrected chi connectivity index (χ0v) is 14.0. The summed E-state index contributed by atoms with van der Waals surface area (Å²) in [5.74, 6) is 0.984. The SMILES string of the molecule is Cc1nc(C(C#N)N2CCN(C3CCCC3)CC2)c(C)n1C. The van der Waals surface area contributed by atoms with Crippen LogP contribution in [0, 0.1) is 25.2 Å². The number of hydrogen-bond donors (Lipinski definition) is 0. The maximum absolute atomic E-state index is 9.68. The number of aromatic nitrogens is 2. The molecule has 0 radical (unpaired) electrons. The van der Waals surface area contributed by atoms with Gasteiger partial charge in [-0.25, -0.2) is 4.98 Å². The second-order valence-electron chi connectivity index (χ2n) is 6.73. The van der Waals surface area contributed by atoms with E-state index in [2.05, 4.69) is 32.3 Å². The third-order valence-electron chi connectivity index (χ3n) is 5.58. The largest absolute Gasteiger partial charge is 0.335 e. The normalized spacial score (nSPS) is 22.8. The first-order valence-electron chi connectivity index (χ1n) is 8.49. The van der Waals surface area contributed by atoms with E-state index in [4.69, 9.17) is 0 Å². The van der Waals surface area contributed by atoms with Crippen LogP contribution in [0.2, 0.25) is 0 Å². The van der Waals surface area contributed by atoms with Gasteiger partial charge in [-0.3, -0.25) is 9.80 Å². The van der Waals surface area contributed by atoms with Crippen LogP contribution in [-0.4, -0.2) is 51.6 Å². The van der Waals surface area contributed by atoms with Crippen LogP contribution < -0.4 is 0 Å². The molecule has 1 saturated carbocycles. The van der Waals surface area contributed by atoms with Gasteiger partial charge < -0.3 is 4.57 Å². The highest BCUT2D eigenvalue weighted by atomic mass is 15.3. The number of aryl methyl sites for hydroxylation is 1. The van der Waals surface area contributed by atoms with E-state index in [1.165, 1.54) is 25.7 Å². The van der Waals surface area contributed by atoms with Crippen LogP contribution in [0.3, 0.4) is 0 Å². The van der Waals surface area contributed by atoms with E-state index < -0.39 is 0 Å². The van der Waals surface area contributed by atoms with Crippen LogP contribution in [-0.2, 0) is 7.05 Å². The number of hydrogen-bond acceptors (Lipinski definition) is 4. The molecule has 2 fully saturated rings. The molecule has 0 amide bonds. The predicted molar refractivity (Wildman–Crippen MR) is 86.4 cm³/mol. The van der Waals surface area contributed by atoms with Gasteiger partial charge in [-0.15, -0.1) is 0 Å². The van der Waals surface area contributed by atoms with E-state index in [1.54, 1.807) is 0 Å². The van der Waals surface area contributed by atoms with Crippen molar-refractivity contribution in [2.45, 2.75) is 51.6 Å². The highest BCUT2D eigenvalue weighted by Gasteiger charge is 2.31. The van der Waals surface area contributed by atoms with Crippen molar-refractivity contribution in [3.8, 4) is 6.07 Å². The zero-order valence-electron chi connectivity index (χ0n) is 14.0. The lowest BCUT2D eigenvalue weighted by Gasteiger charge is -2.39. The second kappa shape index (κ2) is 6.39. The smallest absolute Gasteiger partial charge is 0.142 e. The Labute approximate surface area is 133 Å². The maximum atomic E-state index is 9.68. The van der Waals surface area contributed by atoms with Crippen molar-refractivity contribution >= 4 is 0 Å². The lowest BCUT2D eigenvalue weighted by atomic mass is 10.1. The number of piperazine rings is 1. The van der Waals surface area contributed by atoms with Crippen LogP contribution >= 0.6 is 0 Å². The molecule has 0 spiro atoms. The molecule has 0 N–H and O–H groups in total. The quantitative estimate of drug-likeness (QED) is 0.858. The van der Waals surface area contributed by atoms with Gasteiger partial charge in [0.2, 0.25) is 0 Å². The molecule has 1 aromatic heterocycles. The van der Waals surface area contributed by atoms with E-state index in [1.807, 2.05) is 14.0 Å². The summed E-state index contributed by atoms with van der Waals surface area (Å²) in [6, 6.07) is 3.08. The molecule has 0 bridgehead atoms.